The Balaban J connectivity index is 1.83. The summed E-state index contributed by atoms with van der Waals surface area (Å²) in [6.45, 7) is 6.44. The maximum absolute atomic E-state index is 12.4. The molecule has 0 bridgehead atoms. The molecule has 2 aliphatic carbocycles. The van der Waals surface area contributed by atoms with Crippen LogP contribution in [0.4, 0.5) is 0 Å². The highest BCUT2D eigenvalue weighted by Crippen LogP contribution is 2.48. The van der Waals surface area contributed by atoms with Gasteiger partial charge in [-0.25, -0.2) is 0 Å². The van der Waals surface area contributed by atoms with E-state index in [4.69, 9.17) is 0 Å². The molecule has 3 aliphatic rings. The quantitative estimate of drug-likeness (QED) is 0.809. The molecule has 3 fully saturated rings. The molecule has 0 spiro atoms. The second-order valence-corrected chi connectivity index (χ2v) is 6.49. The zero-order valence-electron chi connectivity index (χ0n) is 11.1. The lowest BCUT2D eigenvalue weighted by atomic mass is 10.0. The summed E-state index contributed by atoms with van der Waals surface area (Å²) in [7, 11) is 0. The number of nitrogens with one attached hydrogen (secondary N) is 1. The molecule has 96 valence electrons. The van der Waals surface area contributed by atoms with Gasteiger partial charge in [0.2, 0.25) is 5.91 Å². The summed E-state index contributed by atoms with van der Waals surface area (Å²) in [5.74, 6) is 2.45. The molecular formula is C14H24N2O. The average Bonchev–Trinajstić information content (AvgIpc) is 3.12. The van der Waals surface area contributed by atoms with Crippen molar-refractivity contribution >= 4 is 5.91 Å². The zero-order valence-corrected chi connectivity index (χ0v) is 11.1. The van der Waals surface area contributed by atoms with Crippen molar-refractivity contribution in [3.05, 3.63) is 0 Å². The molecule has 2 unspecified atom stereocenters. The topological polar surface area (TPSA) is 32.3 Å². The van der Waals surface area contributed by atoms with Crippen molar-refractivity contribution in [2.75, 3.05) is 0 Å². The molecule has 2 saturated carbocycles. The van der Waals surface area contributed by atoms with Gasteiger partial charge in [-0.1, -0.05) is 13.8 Å². The summed E-state index contributed by atoms with van der Waals surface area (Å²) in [5, 5.41) is 3.48. The van der Waals surface area contributed by atoms with E-state index in [1.807, 2.05) is 6.92 Å². The van der Waals surface area contributed by atoms with Crippen LogP contribution >= 0.6 is 0 Å². The van der Waals surface area contributed by atoms with Gasteiger partial charge in [-0.15, -0.1) is 0 Å². The minimum Gasteiger partial charge on any atom is -0.322 e. The summed E-state index contributed by atoms with van der Waals surface area (Å²) in [6, 6.07) is 0.565. The summed E-state index contributed by atoms with van der Waals surface area (Å²) in [4.78, 5) is 14.6. The second-order valence-electron chi connectivity index (χ2n) is 6.49. The Labute approximate surface area is 104 Å². The third kappa shape index (κ3) is 1.99. The molecule has 0 aromatic heterocycles. The maximum Gasteiger partial charge on any atom is 0.241 e. The van der Waals surface area contributed by atoms with E-state index >= 15 is 0 Å². The van der Waals surface area contributed by atoms with Crippen LogP contribution in [0.25, 0.3) is 0 Å². The Morgan fingerprint density at radius 2 is 1.71 bits per heavy atom. The Kier molecular flexibility index (Phi) is 2.69. The Morgan fingerprint density at radius 3 is 2.12 bits per heavy atom. The van der Waals surface area contributed by atoms with Gasteiger partial charge in [0, 0.05) is 6.04 Å². The van der Waals surface area contributed by atoms with Gasteiger partial charge < -0.3 is 4.90 Å². The molecule has 1 saturated heterocycles. The number of carbonyl (C=O) groups is 1. The fourth-order valence-electron chi connectivity index (χ4n) is 3.33. The first kappa shape index (κ1) is 11.5. The molecular weight excluding hydrogens is 212 g/mol. The van der Waals surface area contributed by atoms with Gasteiger partial charge >= 0.3 is 0 Å². The van der Waals surface area contributed by atoms with Crippen molar-refractivity contribution in [2.45, 2.75) is 64.7 Å². The predicted octanol–water partition coefficient (Wildman–Crippen LogP) is 1.98. The summed E-state index contributed by atoms with van der Waals surface area (Å²) in [6.07, 6.45) is 5.62. The number of hydrogen-bond acceptors (Lipinski definition) is 2. The van der Waals surface area contributed by atoms with Crippen LogP contribution < -0.4 is 5.32 Å². The molecule has 3 nitrogen and oxygen atoms in total. The van der Waals surface area contributed by atoms with E-state index in [0.717, 1.165) is 11.8 Å². The lowest BCUT2D eigenvalue weighted by Crippen LogP contribution is -2.49. The van der Waals surface area contributed by atoms with E-state index < -0.39 is 0 Å². The van der Waals surface area contributed by atoms with Crippen LogP contribution in [0.15, 0.2) is 0 Å². The van der Waals surface area contributed by atoms with E-state index in [2.05, 4.69) is 24.1 Å². The third-order valence-electron chi connectivity index (χ3n) is 4.51. The van der Waals surface area contributed by atoms with E-state index in [-0.39, 0.29) is 12.2 Å². The Morgan fingerprint density at radius 1 is 1.18 bits per heavy atom. The largest absolute Gasteiger partial charge is 0.322 e. The molecule has 17 heavy (non-hydrogen) atoms. The minimum absolute atomic E-state index is 0.0161. The highest BCUT2D eigenvalue weighted by molar-refractivity contribution is 5.84. The number of carbonyl (C=O) groups excluding carboxylic acids is 1. The first-order chi connectivity index (χ1) is 8.09. The van der Waals surface area contributed by atoms with Crippen molar-refractivity contribution in [3.8, 4) is 0 Å². The first-order valence-electron chi connectivity index (χ1n) is 7.18. The van der Waals surface area contributed by atoms with Crippen LogP contribution in [0.3, 0.4) is 0 Å². The highest BCUT2D eigenvalue weighted by Gasteiger charge is 2.51. The molecule has 3 rings (SSSR count). The first-order valence-corrected chi connectivity index (χ1v) is 7.18. The van der Waals surface area contributed by atoms with E-state index in [1.54, 1.807) is 0 Å². The summed E-state index contributed by atoms with van der Waals surface area (Å²) in [5.41, 5.74) is 0. The average molecular weight is 236 g/mol. The predicted molar refractivity (Wildman–Crippen MR) is 67.3 cm³/mol. The van der Waals surface area contributed by atoms with Crippen LogP contribution in [0, 0.1) is 17.8 Å². The Hall–Kier alpha value is -0.570. The molecule has 1 heterocycles. The standard InChI is InChI=1S/C14H24N2O/c1-8(2)13-15-9(3)14(17)16(13)12(10-4-5-10)11-6-7-11/h8-13,15H,4-7H2,1-3H3. The molecule has 2 atom stereocenters. The van der Waals surface area contributed by atoms with Crippen molar-refractivity contribution < 1.29 is 4.79 Å². The minimum atomic E-state index is 0.0161. The SMILES string of the molecule is CC1NC(C(C)C)N(C(C2CC2)C2CC2)C1=O. The second kappa shape index (κ2) is 3.98. The third-order valence-corrected chi connectivity index (χ3v) is 4.51. The zero-order chi connectivity index (χ0) is 12.2. The van der Waals surface area contributed by atoms with Crippen LogP contribution in [0.5, 0.6) is 0 Å². The molecule has 0 aromatic carbocycles. The molecule has 1 amide bonds. The monoisotopic (exact) mass is 236 g/mol. The van der Waals surface area contributed by atoms with Crippen LogP contribution in [0.1, 0.15) is 46.5 Å². The van der Waals surface area contributed by atoms with E-state index in [9.17, 15) is 4.79 Å². The molecule has 1 N–H and O–H groups in total. The summed E-state index contributed by atoms with van der Waals surface area (Å²) >= 11 is 0. The smallest absolute Gasteiger partial charge is 0.241 e. The van der Waals surface area contributed by atoms with Crippen LogP contribution in [-0.4, -0.2) is 29.1 Å². The van der Waals surface area contributed by atoms with Gasteiger partial charge in [0.1, 0.15) is 0 Å². The van der Waals surface area contributed by atoms with Gasteiger partial charge in [0.05, 0.1) is 12.2 Å². The van der Waals surface area contributed by atoms with Gasteiger partial charge in [-0.2, -0.15) is 0 Å². The fraction of sp³-hybridized carbons (Fsp3) is 0.929. The maximum atomic E-state index is 12.4. The number of nitrogens with zero attached hydrogens (tertiary/aromatic N) is 1. The lowest BCUT2D eigenvalue weighted by Gasteiger charge is -2.35. The lowest BCUT2D eigenvalue weighted by molar-refractivity contribution is -0.133. The molecule has 1 aliphatic heterocycles. The van der Waals surface area contributed by atoms with Crippen molar-refractivity contribution in [2.24, 2.45) is 17.8 Å². The molecule has 0 radical (unpaired) electrons. The van der Waals surface area contributed by atoms with E-state index in [0.29, 0.717) is 17.9 Å². The number of rotatable bonds is 4. The number of hydrogen-bond donors (Lipinski definition) is 1. The fourth-order valence-corrected chi connectivity index (χ4v) is 3.33. The van der Waals surface area contributed by atoms with Gasteiger partial charge in [0.25, 0.3) is 0 Å². The molecule has 3 heteroatoms. The number of amides is 1. The van der Waals surface area contributed by atoms with Crippen LogP contribution in [-0.2, 0) is 4.79 Å². The van der Waals surface area contributed by atoms with Crippen LogP contribution in [0.2, 0.25) is 0 Å². The Bertz CT molecular complexity index is 308. The van der Waals surface area contributed by atoms with E-state index in [1.165, 1.54) is 25.7 Å². The van der Waals surface area contributed by atoms with Crippen molar-refractivity contribution in [1.82, 2.24) is 10.2 Å². The van der Waals surface area contributed by atoms with Crippen molar-refractivity contribution in [3.63, 3.8) is 0 Å². The van der Waals surface area contributed by atoms with Gasteiger partial charge in [-0.3, -0.25) is 10.1 Å². The van der Waals surface area contributed by atoms with Gasteiger partial charge in [0.15, 0.2) is 0 Å². The highest BCUT2D eigenvalue weighted by atomic mass is 16.2. The normalized spacial score (nSPS) is 34.2. The van der Waals surface area contributed by atoms with Gasteiger partial charge in [-0.05, 0) is 50.4 Å². The molecule has 0 aromatic rings. The van der Waals surface area contributed by atoms with Crippen molar-refractivity contribution in [1.29, 1.82) is 0 Å². The summed E-state index contributed by atoms with van der Waals surface area (Å²) < 4.78 is 0.